The van der Waals surface area contributed by atoms with Crippen molar-refractivity contribution in [3.8, 4) is 0 Å². The van der Waals surface area contributed by atoms with Crippen LogP contribution in [0.25, 0.3) is 0 Å². The molecule has 0 heterocycles. The van der Waals surface area contributed by atoms with Crippen molar-refractivity contribution >= 4 is 6.41 Å². The molecule has 0 saturated heterocycles. The zero-order valence-corrected chi connectivity index (χ0v) is 5.19. The van der Waals surface area contributed by atoms with Gasteiger partial charge in [0, 0.05) is 0 Å². The molecule has 2 unspecified atom stereocenters. The molecule has 5 N–H and O–H groups in total. The summed E-state index contributed by atoms with van der Waals surface area (Å²) in [6.07, 6.45) is -0.680. The molecule has 0 aliphatic carbocycles. The highest BCUT2D eigenvalue weighted by Gasteiger charge is 2.12. The predicted octanol–water partition coefficient (Wildman–Crippen LogP) is -2.02. The number of carbonyl (C=O) groups is 1. The van der Waals surface area contributed by atoms with Gasteiger partial charge in [-0.25, -0.2) is 5.84 Å². The Hall–Kier alpha value is -0.650. The topological polar surface area (TPSA) is 92.6 Å². The van der Waals surface area contributed by atoms with Crippen molar-refractivity contribution < 1.29 is 9.90 Å². The van der Waals surface area contributed by atoms with Crippen LogP contribution in [-0.4, -0.2) is 28.8 Å². The van der Waals surface area contributed by atoms with E-state index in [1.54, 1.807) is 6.92 Å². The summed E-state index contributed by atoms with van der Waals surface area (Å²) >= 11 is 0. The first kappa shape index (κ1) is 8.35. The number of nitrogens with two attached hydrogens (primary N) is 2. The van der Waals surface area contributed by atoms with Crippen LogP contribution < -0.4 is 11.6 Å². The summed E-state index contributed by atoms with van der Waals surface area (Å²) in [7, 11) is 0. The van der Waals surface area contributed by atoms with Crippen molar-refractivity contribution in [2.45, 2.75) is 19.2 Å². The van der Waals surface area contributed by atoms with Gasteiger partial charge in [0.2, 0.25) is 6.41 Å². The lowest BCUT2D eigenvalue weighted by atomic mass is 10.3. The maximum absolute atomic E-state index is 9.88. The molecule has 5 nitrogen and oxygen atoms in total. The summed E-state index contributed by atoms with van der Waals surface area (Å²) in [4.78, 5) is 9.88. The van der Waals surface area contributed by atoms with Gasteiger partial charge in [-0.3, -0.25) is 9.80 Å². The van der Waals surface area contributed by atoms with Gasteiger partial charge in [0.05, 0.1) is 6.04 Å². The fraction of sp³-hybridized carbons (Fsp3) is 0.750. The molecule has 0 aromatic rings. The number of hydrazine groups is 1. The van der Waals surface area contributed by atoms with E-state index in [2.05, 4.69) is 0 Å². The molecule has 0 aliphatic rings. The molecule has 0 aliphatic heterocycles. The largest absolute Gasteiger partial charge is 0.377 e. The fourth-order valence-electron chi connectivity index (χ4n) is 0.272. The summed E-state index contributed by atoms with van der Waals surface area (Å²) in [6.45, 7) is 1.54. The molecule has 0 rings (SSSR count). The Labute approximate surface area is 53.2 Å². The van der Waals surface area contributed by atoms with E-state index in [9.17, 15) is 4.79 Å². The Morgan fingerprint density at radius 1 is 1.78 bits per heavy atom. The molecule has 0 radical (unpaired) electrons. The fourth-order valence-corrected chi connectivity index (χ4v) is 0.272. The first-order valence-corrected chi connectivity index (χ1v) is 2.51. The normalized spacial score (nSPS) is 16.4. The van der Waals surface area contributed by atoms with Crippen LogP contribution in [0.2, 0.25) is 0 Å². The average Bonchev–Trinajstić information content (AvgIpc) is 1.84. The molecule has 9 heavy (non-hydrogen) atoms. The molecule has 1 amide bonds. The summed E-state index contributed by atoms with van der Waals surface area (Å²) < 4.78 is 0. The van der Waals surface area contributed by atoms with Crippen molar-refractivity contribution in [2.24, 2.45) is 11.6 Å². The molecular weight excluding hydrogens is 122 g/mol. The maximum Gasteiger partial charge on any atom is 0.224 e. The summed E-state index contributed by atoms with van der Waals surface area (Å²) in [5.41, 5.74) is 4.99. The van der Waals surface area contributed by atoms with Crippen molar-refractivity contribution in [1.82, 2.24) is 5.01 Å². The zero-order chi connectivity index (χ0) is 7.44. The van der Waals surface area contributed by atoms with Gasteiger partial charge in [-0.2, -0.15) is 0 Å². The molecular formula is C4H11N3O2. The minimum Gasteiger partial charge on any atom is -0.377 e. The number of aliphatic hydroxyl groups excluding tert-OH is 1. The Kier molecular flexibility index (Phi) is 3.15. The third-order valence-corrected chi connectivity index (χ3v) is 1.09. The lowest BCUT2D eigenvalue weighted by Crippen LogP contribution is -2.48. The number of amides is 1. The van der Waals surface area contributed by atoms with Crippen LogP contribution in [0.4, 0.5) is 0 Å². The van der Waals surface area contributed by atoms with E-state index in [0.29, 0.717) is 6.41 Å². The Morgan fingerprint density at radius 3 is 2.33 bits per heavy atom. The molecule has 0 fully saturated rings. The van der Waals surface area contributed by atoms with Crippen molar-refractivity contribution in [2.75, 3.05) is 0 Å². The summed E-state index contributed by atoms with van der Waals surface area (Å²) in [5, 5.41) is 9.43. The van der Waals surface area contributed by atoms with Gasteiger partial charge < -0.3 is 10.8 Å². The van der Waals surface area contributed by atoms with Gasteiger partial charge in [-0.15, -0.1) is 0 Å². The Balaban J connectivity index is 3.71. The lowest BCUT2D eigenvalue weighted by Gasteiger charge is -2.21. The number of carbonyl (C=O) groups excluding carboxylic acids is 1. The number of hydrogen-bond acceptors (Lipinski definition) is 4. The number of nitrogens with zero attached hydrogens (tertiary/aromatic N) is 1. The molecule has 5 heteroatoms. The molecule has 2 atom stereocenters. The van der Waals surface area contributed by atoms with Gasteiger partial charge >= 0.3 is 0 Å². The monoisotopic (exact) mass is 133 g/mol. The van der Waals surface area contributed by atoms with E-state index in [0.717, 1.165) is 5.01 Å². The van der Waals surface area contributed by atoms with E-state index in [4.69, 9.17) is 16.7 Å². The van der Waals surface area contributed by atoms with E-state index in [-0.39, 0.29) is 0 Å². The van der Waals surface area contributed by atoms with Gasteiger partial charge in [0.25, 0.3) is 0 Å². The number of rotatable bonds is 3. The second-order valence-corrected chi connectivity index (χ2v) is 1.78. The third-order valence-electron chi connectivity index (χ3n) is 1.09. The molecule has 0 bridgehead atoms. The molecule has 0 aromatic heterocycles. The predicted molar refractivity (Wildman–Crippen MR) is 31.7 cm³/mol. The highest BCUT2D eigenvalue weighted by Crippen LogP contribution is 1.89. The summed E-state index contributed by atoms with van der Waals surface area (Å²) in [6, 6.07) is -0.539. The van der Waals surface area contributed by atoms with Crippen LogP contribution in [0, 0.1) is 0 Å². The average molecular weight is 133 g/mol. The van der Waals surface area contributed by atoms with E-state index in [1.807, 2.05) is 0 Å². The van der Waals surface area contributed by atoms with Crippen LogP contribution in [0.3, 0.4) is 0 Å². The minimum absolute atomic E-state index is 0.404. The van der Waals surface area contributed by atoms with Crippen LogP contribution in [0.15, 0.2) is 0 Å². The first-order chi connectivity index (χ1) is 4.09. The van der Waals surface area contributed by atoms with E-state index >= 15 is 0 Å². The van der Waals surface area contributed by atoms with Crippen LogP contribution in [-0.2, 0) is 4.79 Å². The molecule has 0 spiro atoms. The molecule has 0 aromatic carbocycles. The zero-order valence-electron chi connectivity index (χ0n) is 5.19. The van der Waals surface area contributed by atoms with Crippen molar-refractivity contribution in [1.29, 1.82) is 0 Å². The summed E-state index contributed by atoms with van der Waals surface area (Å²) in [5.74, 6) is 5.04. The van der Waals surface area contributed by atoms with Gasteiger partial charge in [-0.05, 0) is 6.92 Å². The van der Waals surface area contributed by atoms with Crippen LogP contribution in [0.5, 0.6) is 0 Å². The smallest absolute Gasteiger partial charge is 0.224 e. The highest BCUT2D eigenvalue weighted by atomic mass is 16.3. The molecule has 0 saturated carbocycles. The highest BCUT2D eigenvalue weighted by molar-refractivity contribution is 5.46. The Morgan fingerprint density at radius 2 is 2.22 bits per heavy atom. The minimum atomic E-state index is -1.08. The third kappa shape index (κ3) is 2.41. The quantitative estimate of drug-likeness (QED) is 0.136. The second-order valence-electron chi connectivity index (χ2n) is 1.78. The number of hydrogen-bond donors (Lipinski definition) is 3. The van der Waals surface area contributed by atoms with Crippen molar-refractivity contribution in [3.63, 3.8) is 0 Å². The lowest BCUT2D eigenvalue weighted by molar-refractivity contribution is -0.122. The number of aliphatic hydroxyl groups is 1. The Bertz CT molecular complexity index is 95.8. The van der Waals surface area contributed by atoms with E-state index < -0.39 is 12.3 Å². The van der Waals surface area contributed by atoms with E-state index in [1.165, 1.54) is 0 Å². The maximum atomic E-state index is 9.88. The first-order valence-electron chi connectivity index (χ1n) is 2.51. The molecule has 54 valence electrons. The van der Waals surface area contributed by atoms with Gasteiger partial charge in [-0.1, -0.05) is 0 Å². The van der Waals surface area contributed by atoms with Gasteiger partial charge in [0.1, 0.15) is 6.23 Å². The SMILES string of the molecule is CC(C(N)O)N(N)C=O. The standard InChI is InChI=1S/C4H11N3O2/c1-3(4(5)9)7(6)2-8/h2-4,9H,5-6H2,1H3. The van der Waals surface area contributed by atoms with Crippen LogP contribution in [0.1, 0.15) is 6.92 Å². The van der Waals surface area contributed by atoms with Crippen LogP contribution >= 0.6 is 0 Å². The van der Waals surface area contributed by atoms with Crippen molar-refractivity contribution in [3.05, 3.63) is 0 Å². The van der Waals surface area contributed by atoms with Gasteiger partial charge in [0.15, 0.2) is 0 Å². The second kappa shape index (κ2) is 3.39.